The van der Waals surface area contributed by atoms with Crippen molar-refractivity contribution in [2.45, 2.75) is 62.0 Å². The quantitative estimate of drug-likeness (QED) is 0.563. The molecule has 0 aliphatic heterocycles. The Morgan fingerprint density at radius 2 is 1.41 bits per heavy atom. The lowest BCUT2D eigenvalue weighted by atomic mass is 9.85. The third kappa shape index (κ3) is 10.0. The molecular weight excluding hydrogens is 319 g/mol. The number of unbranched alkanes of at least 4 members (excludes halogenated alkanes) is 1. The van der Waals surface area contributed by atoms with Crippen LogP contribution in [0.1, 0.15) is 51.9 Å². The van der Waals surface area contributed by atoms with Gasteiger partial charge in [-0.2, -0.15) is 0 Å². The van der Waals surface area contributed by atoms with Gasteiger partial charge in [-0.05, 0) is 43.7 Å². The molecule has 22 heavy (non-hydrogen) atoms. The summed E-state index contributed by atoms with van der Waals surface area (Å²) in [7, 11) is 0. The van der Waals surface area contributed by atoms with Crippen molar-refractivity contribution in [1.82, 2.24) is 0 Å². The maximum absolute atomic E-state index is 2.30. The maximum Gasteiger partial charge on any atom is 0.00946 e. The molecule has 0 spiro atoms. The summed E-state index contributed by atoms with van der Waals surface area (Å²) in [6.45, 7) is 2.30. The number of hydrogen-bond donors (Lipinski definition) is 0. The first-order chi connectivity index (χ1) is 8.38. The summed E-state index contributed by atoms with van der Waals surface area (Å²) in [6.07, 6.45) is 10.0. The van der Waals surface area contributed by atoms with Crippen LogP contribution in [-0.4, -0.2) is 5.25 Å². The van der Waals surface area contributed by atoms with Crippen molar-refractivity contribution in [3.05, 3.63) is 30.3 Å². The summed E-state index contributed by atoms with van der Waals surface area (Å²) < 4.78 is 0. The Kier molecular flexibility index (Phi) is 22.1. The Labute approximate surface area is 134 Å². The predicted octanol–water partition coefficient (Wildman–Crippen LogP) is 6.29. The Morgan fingerprint density at radius 1 is 0.864 bits per heavy atom. The number of thioether (sulfide) groups is 1. The van der Waals surface area contributed by atoms with E-state index in [0.717, 1.165) is 11.2 Å². The average molecular weight is 348 g/mol. The molecule has 1 aliphatic carbocycles. The highest BCUT2D eigenvalue weighted by Crippen LogP contribution is 2.37. The second-order valence-corrected chi connectivity index (χ2v) is 6.59. The van der Waals surface area contributed by atoms with Crippen LogP contribution in [0.15, 0.2) is 35.2 Å². The van der Waals surface area contributed by atoms with Crippen LogP contribution in [0.5, 0.6) is 0 Å². The van der Waals surface area contributed by atoms with E-state index in [9.17, 15) is 0 Å². The summed E-state index contributed by atoms with van der Waals surface area (Å²) in [5.74, 6) is 1.03. The fraction of sp³-hybridized carbons (Fsp3) is 0.625. The van der Waals surface area contributed by atoms with Crippen molar-refractivity contribution < 1.29 is 23.5 Å². The predicted molar refractivity (Wildman–Crippen MR) is 90.1 cm³/mol. The van der Waals surface area contributed by atoms with Crippen molar-refractivity contribution in [3.8, 4) is 0 Å². The van der Waals surface area contributed by atoms with Crippen LogP contribution < -0.4 is 0 Å². The molecule has 0 unspecified atom stereocenters. The zero-order valence-corrected chi connectivity index (χ0v) is 13.8. The lowest BCUT2D eigenvalue weighted by molar-refractivity contribution is 0.337. The molecule has 2 rings (SSSR count). The van der Waals surface area contributed by atoms with Gasteiger partial charge in [-0.25, -0.2) is 0 Å². The van der Waals surface area contributed by atoms with E-state index in [2.05, 4.69) is 49.0 Å². The van der Waals surface area contributed by atoms with Crippen LogP contribution >= 0.6 is 11.8 Å². The first-order valence-corrected chi connectivity index (χ1v) is 7.98. The third-order valence-corrected chi connectivity index (χ3v) is 5.15. The van der Waals surface area contributed by atoms with Gasteiger partial charge in [0.15, 0.2) is 0 Å². The summed E-state index contributed by atoms with van der Waals surface area (Å²) >= 11 is 2.09. The number of halogens is 5. The minimum atomic E-state index is 0. The highest BCUT2D eigenvalue weighted by molar-refractivity contribution is 8.00. The van der Waals surface area contributed by atoms with Crippen LogP contribution in [0.3, 0.4) is 0 Å². The Hall–Kier alpha value is -0.780. The highest BCUT2D eigenvalue weighted by atomic mass is 32.2. The van der Waals surface area contributed by atoms with Crippen molar-refractivity contribution in [3.63, 3.8) is 0 Å². The normalized spacial score (nSPS) is 19.1. The zero-order valence-electron chi connectivity index (χ0n) is 12.9. The number of rotatable bonds is 5. The SMILES string of the molecule is CCCCC1CCC(Sc2ccccc2)CC1.F.F.F.F.F. The molecule has 1 aromatic rings. The molecule has 0 bridgehead atoms. The van der Waals surface area contributed by atoms with E-state index in [1.807, 2.05) is 0 Å². The fourth-order valence-corrected chi connectivity index (χ4v) is 3.93. The van der Waals surface area contributed by atoms with E-state index in [-0.39, 0.29) is 23.5 Å². The molecular formula is C16H29F5S. The summed E-state index contributed by atoms with van der Waals surface area (Å²) in [5, 5.41) is 0.871. The maximum atomic E-state index is 2.30. The smallest absolute Gasteiger partial charge is 0.00946 e. The van der Waals surface area contributed by atoms with Gasteiger partial charge in [0.25, 0.3) is 0 Å². The molecule has 6 heteroatoms. The summed E-state index contributed by atoms with van der Waals surface area (Å²) in [4.78, 5) is 1.45. The van der Waals surface area contributed by atoms with E-state index in [1.54, 1.807) is 0 Å². The van der Waals surface area contributed by atoms with Gasteiger partial charge in [-0.3, -0.25) is 23.5 Å². The van der Waals surface area contributed by atoms with Crippen LogP contribution in [0, 0.1) is 5.92 Å². The van der Waals surface area contributed by atoms with E-state index >= 15 is 0 Å². The summed E-state index contributed by atoms with van der Waals surface area (Å²) in [6, 6.07) is 10.9. The molecule has 1 saturated carbocycles. The molecule has 0 nitrogen and oxygen atoms in total. The molecule has 0 atom stereocenters. The third-order valence-electron chi connectivity index (χ3n) is 3.81. The highest BCUT2D eigenvalue weighted by Gasteiger charge is 2.21. The Morgan fingerprint density at radius 3 is 1.91 bits per heavy atom. The lowest BCUT2D eigenvalue weighted by Gasteiger charge is -2.28. The second-order valence-electron chi connectivity index (χ2n) is 5.22. The topological polar surface area (TPSA) is 0 Å². The van der Waals surface area contributed by atoms with E-state index < -0.39 is 0 Å². The molecule has 134 valence electrons. The van der Waals surface area contributed by atoms with Crippen molar-refractivity contribution in [2.24, 2.45) is 5.92 Å². The first-order valence-electron chi connectivity index (χ1n) is 7.10. The van der Waals surface area contributed by atoms with Gasteiger partial charge in [-0.1, -0.05) is 44.4 Å². The Bertz CT molecular complexity index is 316. The average Bonchev–Trinajstić information content (AvgIpc) is 2.39. The van der Waals surface area contributed by atoms with Crippen LogP contribution in [-0.2, 0) is 0 Å². The largest absolute Gasteiger partial charge is 0.269 e. The second kappa shape index (κ2) is 16.6. The van der Waals surface area contributed by atoms with Gasteiger partial charge in [0.05, 0.1) is 0 Å². The van der Waals surface area contributed by atoms with Gasteiger partial charge >= 0.3 is 0 Å². The van der Waals surface area contributed by atoms with Gasteiger partial charge in [0.1, 0.15) is 0 Å². The van der Waals surface area contributed by atoms with E-state index in [1.165, 1.54) is 49.8 Å². The molecule has 1 aliphatic rings. The molecule has 0 radical (unpaired) electrons. The molecule has 0 saturated heterocycles. The monoisotopic (exact) mass is 348 g/mol. The molecule has 0 amide bonds. The zero-order chi connectivity index (χ0) is 11.9. The first kappa shape index (κ1) is 29.3. The minimum absolute atomic E-state index is 0. The standard InChI is InChI=1S/C16H24S.5FH/c1-2-3-7-14-10-12-16(13-11-14)17-15-8-5-4-6-9-15;;;;;/h4-6,8-9,14,16H,2-3,7,10-13H2,1H3;5*1H. The molecule has 1 fully saturated rings. The molecule has 0 heterocycles. The molecule has 0 aromatic heterocycles. The lowest BCUT2D eigenvalue weighted by Crippen LogP contribution is -2.16. The van der Waals surface area contributed by atoms with Gasteiger partial charge in [-0.15, -0.1) is 11.8 Å². The minimum Gasteiger partial charge on any atom is -0.269 e. The van der Waals surface area contributed by atoms with Gasteiger partial charge in [0, 0.05) is 10.1 Å². The molecule has 0 N–H and O–H groups in total. The van der Waals surface area contributed by atoms with Crippen molar-refractivity contribution >= 4 is 11.8 Å². The summed E-state index contributed by atoms with van der Waals surface area (Å²) in [5.41, 5.74) is 0. The molecule has 1 aromatic carbocycles. The fourth-order valence-electron chi connectivity index (χ4n) is 2.72. The number of benzene rings is 1. The van der Waals surface area contributed by atoms with E-state index in [4.69, 9.17) is 0 Å². The van der Waals surface area contributed by atoms with E-state index in [0.29, 0.717) is 0 Å². The van der Waals surface area contributed by atoms with Crippen LogP contribution in [0.2, 0.25) is 0 Å². The Balaban J connectivity index is -0.000000324. The van der Waals surface area contributed by atoms with Crippen molar-refractivity contribution in [2.75, 3.05) is 0 Å². The number of hydrogen-bond acceptors (Lipinski definition) is 1. The van der Waals surface area contributed by atoms with Crippen LogP contribution in [0.25, 0.3) is 0 Å². The van der Waals surface area contributed by atoms with Crippen LogP contribution in [0.4, 0.5) is 23.5 Å². The van der Waals surface area contributed by atoms with Crippen molar-refractivity contribution in [1.29, 1.82) is 0 Å². The van der Waals surface area contributed by atoms with Gasteiger partial charge < -0.3 is 0 Å². The van der Waals surface area contributed by atoms with Gasteiger partial charge in [0.2, 0.25) is 0 Å².